The van der Waals surface area contributed by atoms with Gasteiger partial charge in [-0.3, -0.25) is 4.79 Å². The number of hydrogen-bond acceptors (Lipinski definition) is 4. The van der Waals surface area contributed by atoms with Crippen molar-refractivity contribution in [2.24, 2.45) is 5.92 Å². The average molecular weight is 294 g/mol. The number of carbonyl (C=O) groups is 2. The van der Waals surface area contributed by atoms with Gasteiger partial charge < -0.3 is 25.5 Å². The molecule has 4 N–H and O–H groups in total. The molecule has 0 bridgehead atoms. The van der Waals surface area contributed by atoms with Crippen molar-refractivity contribution >= 4 is 12.0 Å². The van der Waals surface area contributed by atoms with E-state index in [0.29, 0.717) is 32.5 Å². The summed E-state index contributed by atoms with van der Waals surface area (Å²) in [4.78, 5) is 24.1. The van der Waals surface area contributed by atoms with Gasteiger partial charge in [-0.25, -0.2) is 4.79 Å². The van der Waals surface area contributed by atoms with Gasteiger partial charge >= 0.3 is 6.09 Å². The van der Waals surface area contributed by atoms with Crippen LogP contribution in [0.4, 0.5) is 4.79 Å². The third-order valence-electron chi connectivity index (χ3n) is 3.66. The molecule has 1 fully saturated rings. The second-order valence-corrected chi connectivity index (χ2v) is 5.12. The SMILES string of the molecule is O=C(NCC1CCN(C(=O)O)CC1)c1ccc(O)cc1O. The number of amides is 2. The van der Waals surface area contributed by atoms with Crippen LogP contribution in [0, 0.1) is 5.92 Å². The second-order valence-electron chi connectivity index (χ2n) is 5.12. The van der Waals surface area contributed by atoms with E-state index in [0.717, 1.165) is 6.07 Å². The standard InChI is InChI=1S/C14H18N2O5/c17-10-1-2-11(12(18)7-10)13(19)15-8-9-3-5-16(6-4-9)14(20)21/h1-2,7,9,17-18H,3-6,8H2,(H,15,19)(H,20,21). The van der Waals surface area contributed by atoms with Crippen LogP contribution >= 0.6 is 0 Å². The van der Waals surface area contributed by atoms with Gasteiger partial charge in [-0.05, 0) is 30.9 Å². The van der Waals surface area contributed by atoms with Crippen molar-refractivity contribution in [2.75, 3.05) is 19.6 Å². The number of phenolic OH excluding ortho intramolecular Hbond substituents is 2. The van der Waals surface area contributed by atoms with Crippen molar-refractivity contribution in [2.45, 2.75) is 12.8 Å². The van der Waals surface area contributed by atoms with Crippen molar-refractivity contribution in [1.82, 2.24) is 10.2 Å². The minimum absolute atomic E-state index is 0.106. The predicted octanol–water partition coefficient (Wildman–Crippen LogP) is 1.22. The molecule has 0 spiro atoms. The van der Waals surface area contributed by atoms with Gasteiger partial charge in [0.1, 0.15) is 11.5 Å². The van der Waals surface area contributed by atoms with E-state index in [2.05, 4.69) is 5.32 Å². The fourth-order valence-electron chi connectivity index (χ4n) is 2.37. The van der Waals surface area contributed by atoms with Crippen molar-refractivity contribution in [3.05, 3.63) is 23.8 Å². The van der Waals surface area contributed by atoms with Gasteiger partial charge in [0.2, 0.25) is 0 Å². The first kappa shape index (κ1) is 15.0. The highest BCUT2D eigenvalue weighted by atomic mass is 16.4. The molecule has 7 nitrogen and oxygen atoms in total. The molecule has 0 saturated carbocycles. The van der Waals surface area contributed by atoms with Crippen LogP contribution in [0.15, 0.2) is 18.2 Å². The molecule has 0 radical (unpaired) electrons. The van der Waals surface area contributed by atoms with Crippen molar-refractivity contribution in [1.29, 1.82) is 0 Å². The van der Waals surface area contributed by atoms with E-state index in [1.807, 2.05) is 0 Å². The number of hydrogen-bond donors (Lipinski definition) is 4. The van der Waals surface area contributed by atoms with Crippen molar-refractivity contribution < 1.29 is 24.9 Å². The second kappa shape index (κ2) is 6.34. The van der Waals surface area contributed by atoms with Crippen LogP contribution in [0.5, 0.6) is 11.5 Å². The van der Waals surface area contributed by atoms with Gasteiger partial charge in [0.05, 0.1) is 5.56 Å². The van der Waals surface area contributed by atoms with Crippen LogP contribution in [0.2, 0.25) is 0 Å². The lowest BCUT2D eigenvalue weighted by molar-refractivity contribution is 0.0926. The maximum absolute atomic E-state index is 11.9. The molecule has 114 valence electrons. The van der Waals surface area contributed by atoms with Crippen molar-refractivity contribution in [3.8, 4) is 11.5 Å². The van der Waals surface area contributed by atoms with Crippen LogP contribution in [-0.4, -0.2) is 51.9 Å². The Morgan fingerprint density at radius 3 is 2.48 bits per heavy atom. The number of nitrogens with one attached hydrogen (secondary N) is 1. The van der Waals surface area contributed by atoms with Gasteiger partial charge in [-0.2, -0.15) is 0 Å². The van der Waals surface area contributed by atoms with E-state index in [-0.39, 0.29) is 23.0 Å². The highest BCUT2D eigenvalue weighted by molar-refractivity contribution is 5.96. The monoisotopic (exact) mass is 294 g/mol. The summed E-state index contributed by atoms with van der Waals surface area (Å²) in [6.07, 6.45) is 0.494. The van der Waals surface area contributed by atoms with Gasteiger partial charge in [0, 0.05) is 25.7 Å². The Morgan fingerprint density at radius 2 is 1.90 bits per heavy atom. The van der Waals surface area contributed by atoms with Gasteiger partial charge in [-0.1, -0.05) is 0 Å². The summed E-state index contributed by atoms with van der Waals surface area (Å²) in [5.41, 5.74) is 0.107. The van der Waals surface area contributed by atoms with Crippen LogP contribution in [0.1, 0.15) is 23.2 Å². The Hall–Kier alpha value is -2.44. The number of rotatable bonds is 3. The zero-order valence-corrected chi connectivity index (χ0v) is 11.5. The molecule has 0 aliphatic carbocycles. The fraction of sp³-hybridized carbons (Fsp3) is 0.429. The molecular weight excluding hydrogens is 276 g/mol. The Balaban J connectivity index is 1.83. The third-order valence-corrected chi connectivity index (χ3v) is 3.66. The fourth-order valence-corrected chi connectivity index (χ4v) is 2.37. The molecule has 0 unspecified atom stereocenters. The van der Waals surface area contributed by atoms with E-state index in [9.17, 15) is 19.8 Å². The van der Waals surface area contributed by atoms with Crippen LogP contribution in [-0.2, 0) is 0 Å². The number of carbonyl (C=O) groups excluding carboxylic acids is 1. The maximum atomic E-state index is 11.9. The van der Waals surface area contributed by atoms with E-state index in [1.165, 1.54) is 17.0 Å². The van der Waals surface area contributed by atoms with Crippen LogP contribution in [0.3, 0.4) is 0 Å². The molecule has 0 atom stereocenters. The largest absolute Gasteiger partial charge is 0.508 e. The third kappa shape index (κ3) is 3.77. The van der Waals surface area contributed by atoms with E-state index in [4.69, 9.17) is 5.11 Å². The molecular formula is C14H18N2O5. The smallest absolute Gasteiger partial charge is 0.407 e. The number of benzene rings is 1. The molecule has 1 aliphatic heterocycles. The Bertz CT molecular complexity index is 538. The molecule has 1 aromatic rings. The number of carboxylic acid groups (broad SMARTS) is 1. The number of likely N-dealkylation sites (tertiary alicyclic amines) is 1. The number of nitrogens with zero attached hydrogens (tertiary/aromatic N) is 1. The van der Waals surface area contributed by atoms with Gasteiger partial charge in [0.15, 0.2) is 0 Å². The van der Waals surface area contributed by atoms with E-state index in [1.54, 1.807) is 0 Å². The van der Waals surface area contributed by atoms with Gasteiger partial charge in [-0.15, -0.1) is 0 Å². The zero-order chi connectivity index (χ0) is 15.4. The Kier molecular flexibility index (Phi) is 4.52. The summed E-state index contributed by atoms with van der Waals surface area (Å²) < 4.78 is 0. The Morgan fingerprint density at radius 1 is 1.24 bits per heavy atom. The molecule has 1 aliphatic rings. The molecule has 2 rings (SSSR count). The highest BCUT2D eigenvalue weighted by Gasteiger charge is 2.23. The predicted molar refractivity (Wildman–Crippen MR) is 74.4 cm³/mol. The van der Waals surface area contributed by atoms with Crippen LogP contribution < -0.4 is 5.32 Å². The summed E-state index contributed by atoms with van der Waals surface area (Å²) >= 11 is 0. The quantitative estimate of drug-likeness (QED) is 0.670. The first-order valence-corrected chi connectivity index (χ1v) is 6.75. The summed E-state index contributed by atoms with van der Waals surface area (Å²) in [7, 11) is 0. The number of aromatic hydroxyl groups is 2. The minimum atomic E-state index is -0.911. The lowest BCUT2D eigenvalue weighted by atomic mass is 9.97. The minimum Gasteiger partial charge on any atom is -0.508 e. The first-order chi connectivity index (χ1) is 9.97. The lowest BCUT2D eigenvalue weighted by Crippen LogP contribution is -2.40. The van der Waals surface area contributed by atoms with Crippen LogP contribution in [0.25, 0.3) is 0 Å². The molecule has 1 saturated heterocycles. The topological polar surface area (TPSA) is 110 Å². The zero-order valence-electron chi connectivity index (χ0n) is 11.5. The lowest BCUT2D eigenvalue weighted by Gasteiger charge is -2.30. The summed E-state index contributed by atoms with van der Waals surface area (Å²) in [6.45, 7) is 1.38. The highest BCUT2D eigenvalue weighted by Crippen LogP contribution is 2.22. The molecule has 1 heterocycles. The molecule has 2 amide bonds. The molecule has 7 heteroatoms. The molecule has 1 aromatic carbocycles. The summed E-state index contributed by atoms with van der Waals surface area (Å²) in [5, 5.41) is 30.4. The first-order valence-electron chi connectivity index (χ1n) is 6.75. The van der Waals surface area contributed by atoms with Gasteiger partial charge in [0.25, 0.3) is 5.91 Å². The maximum Gasteiger partial charge on any atom is 0.407 e. The summed E-state index contributed by atoms with van der Waals surface area (Å²) in [6, 6.07) is 3.80. The van der Waals surface area contributed by atoms with E-state index < -0.39 is 12.0 Å². The molecule has 0 aromatic heterocycles. The summed E-state index contributed by atoms with van der Waals surface area (Å²) in [5.74, 6) is -0.560. The number of piperidine rings is 1. The average Bonchev–Trinajstić information content (AvgIpc) is 2.45. The van der Waals surface area contributed by atoms with E-state index >= 15 is 0 Å². The molecule has 21 heavy (non-hydrogen) atoms. The Labute approximate surface area is 121 Å². The van der Waals surface area contributed by atoms with Crippen molar-refractivity contribution in [3.63, 3.8) is 0 Å². The normalized spacial score (nSPS) is 15.7. The number of phenols is 2.